The van der Waals surface area contributed by atoms with Crippen LogP contribution in [0.5, 0.6) is 0 Å². The Morgan fingerprint density at radius 1 is 1.11 bits per heavy atom. The summed E-state index contributed by atoms with van der Waals surface area (Å²) in [5.74, 6) is -1.30. The number of hydrogen-bond acceptors (Lipinski definition) is 4. The zero-order valence-electron chi connectivity index (χ0n) is 14.8. The molecule has 0 unspecified atom stereocenters. The molecule has 0 aliphatic heterocycles. The van der Waals surface area contributed by atoms with E-state index < -0.39 is 31.3 Å². The van der Waals surface area contributed by atoms with E-state index in [-0.39, 0.29) is 12.2 Å². The number of anilines is 1. The number of carbonyl (C=O) groups is 2. The van der Waals surface area contributed by atoms with Gasteiger partial charge < -0.3 is 14.8 Å². The smallest absolute Gasteiger partial charge is 0.411 e. The van der Waals surface area contributed by atoms with Gasteiger partial charge in [-0.1, -0.05) is 29.8 Å². The van der Waals surface area contributed by atoms with Crippen molar-refractivity contribution in [2.24, 2.45) is 0 Å². The fourth-order valence-corrected chi connectivity index (χ4v) is 2.43. The van der Waals surface area contributed by atoms with E-state index in [0.717, 1.165) is 5.56 Å². The van der Waals surface area contributed by atoms with Gasteiger partial charge in [0.25, 0.3) is 5.91 Å². The maximum absolute atomic E-state index is 12.0. The van der Waals surface area contributed by atoms with Gasteiger partial charge in [0.15, 0.2) is 6.61 Å². The van der Waals surface area contributed by atoms with Crippen LogP contribution in [0.15, 0.2) is 42.5 Å². The van der Waals surface area contributed by atoms with Crippen molar-refractivity contribution in [1.82, 2.24) is 0 Å². The summed E-state index contributed by atoms with van der Waals surface area (Å²) < 4.78 is 45.5. The maximum Gasteiger partial charge on any atom is 0.411 e. The van der Waals surface area contributed by atoms with E-state index in [1.165, 1.54) is 24.3 Å². The van der Waals surface area contributed by atoms with Gasteiger partial charge in [-0.25, -0.2) is 4.79 Å². The molecule has 0 spiro atoms. The van der Waals surface area contributed by atoms with Gasteiger partial charge >= 0.3 is 12.1 Å². The number of esters is 1. The fraction of sp³-hybridized carbons (Fsp3) is 0.263. The van der Waals surface area contributed by atoms with Gasteiger partial charge in [0, 0.05) is 0 Å². The molecule has 0 radical (unpaired) electrons. The average molecular weight is 416 g/mol. The number of amides is 1. The van der Waals surface area contributed by atoms with Crippen LogP contribution in [0.1, 0.15) is 21.5 Å². The van der Waals surface area contributed by atoms with Gasteiger partial charge in [-0.05, 0) is 42.3 Å². The minimum Gasteiger partial charge on any atom is -0.452 e. The molecule has 2 aromatic rings. The number of carbonyl (C=O) groups excluding carboxylic acids is 2. The Kier molecular flexibility index (Phi) is 7.42. The highest BCUT2D eigenvalue weighted by atomic mass is 35.5. The summed E-state index contributed by atoms with van der Waals surface area (Å²) in [6.07, 6.45) is -4.40. The molecule has 9 heteroatoms. The van der Waals surface area contributed by atoms with Gasteiger partial charge in [0.05, 0.1) is 22.9 Å². The van der Waals surface area contributed by atoms with Crippen molar-refractivity contribution < 1.29 is 32.2 Å². The van der Waals surface area contributed by atoms with E-state index in [0.29, 0.717) is 16.3 Å². The van der Waals surface area contributed by atoms with Crippen molar-refractivity contribution in [3.05, 3.63) is 64.2 Å². The lowest BCUT2D eigenvalue weighted by molar-refractivity contribution is -0.176. The van der Waals surface area contributed by atoms with Crippen LogP contribution in [0.3, 0.4) is 0 Å². The van der Waals surface area contributed by atoms with E-state index >= 15 is 0 Å². The lowest BCUT2D eigenvalue weighted by Gasteiger charge is -2.09. The highest BCUT2D eigenvalue weighted by Gasteiger charge is 2.27. The number of rotatable bonds is 7. The Morgan fingerprint density at radius 2 is 1.79 bits per heavy atom. The third-order valence-electron chi connectivity index (χ3n) is 3.46. The maximum atomic E-state index is 12.0. The van der Waals surface area contributed by atoms with Crippen LogP contribution < -0.4 is 5.32 Å². The minimum absolute atomic E-state index is 0.153. The molecule has 0 atom stereocenters. The van der Waals surface area contributed by atoms with Crippen LogP contribution in [0, 0.1) is 6.92 Å². The largest absolute Gasteiger partial charge is 0.452 e. The summed E-state index contributed by atoms with van der Waals surface area (Å²) in [6.45, 7) is -0.252. The van der Waals surface area contributed by atoms with Gasteiger partial charge in [0.1, 0.15) is 6.61 Å². The number of benzene rings is 2. The first-order valence-electron chi connectivity index (χ1n) is 8.10. The monoisotopic (exact) mass is 415 g/mol. The van der Waals surface area contributed by atoms with Crippen molar-refractivity contribution >= 4 is 29.2 Å². The molecule has 0 bridgehead atoms. The molecule has 1 N–H and O–H groups in total. The lowest BCUT2D eigenvalue weighted by atomic mass is 10.1. The van der Waals surface area contributed by atoms with Gasteiger partial charge in [-0.15, -0.1) is 0 Å². The number of aryl methyl sites for hydroxylation is 1. The molecule has 2 aromatic carbocycles. The topological polar surface area (TPSA) is 64.6 Å². The summed E-state index contributed by atoms with van der Waals surface area (Å²) in [5, 5.41) is 2.90. The summed E-state index contributed by atoms with van der Waals surface area (Å²) in [4.78, 5) is 23.8. The van der Waals surface area contributed by atoms with Crippen molar-refractivity contribution in [1.29, 1.82) is 0 Å². The van der Waals surface area contributed by atoms with Crippen molar-refractivity contribution in [3.63, 3.8) is 0 Å². The highest BCUT2D eigenvalue weighted by Crippen LogP contribution is 2.22. The van der Waals surface area contributed by atoms with E-state index in [4.69, 9.17) is 16.3 Å². The van der Waals surface area contributed by atoms with Crippen molar-refractivity contribution in [2.45, 2.75) is 19.7 Å². The molecular formula is C19H17ClF3NO4. The molecule has 0 aliphatic rings. The molecule has 0 heterocycles. The zero-order valence-corrected chi connectivity index (χ0v) is 15.6. The second kappa shape index (κ2) is 9.57. The highest BCUT2D eigenvalue weighted by molar-refractivity contribution is 6.33. The van der Waals surface area contributed by atoms with Crippen LogP contribution in [0.25, 0.3) is 0 Å². The Balaban J connectivity index is 1.81. The van der Waals surface area contributed by atoms with Crippen molar-refractivity contribution in [2.75, 3.05) is 18.5 Å². The lowest BCUT2D eigenvalue weighted by Crippen LogP contribution is -2.21. The Hall–Kier alpha value is -2.58. The van der Waals surface area contributed by atoms with Crippen LogP contribution in [0.2, 0.25) is 5.02 Å². The molecule has 5 nitrogen and oxygen atoms in total. The van der Waals surface area contributed by atoms with Gasteiger partial charge in [0.2, 0.25) is 0 Å². The van der Waals surface area contributed by atoms with Crippen LogP contribution in [0.4, 0.5) is 18.9 Å². The molecule has 0 aliphatic carbocycles. The van der Waals surface area contributed by atoms with E-state index in [1.54, 1.807) is 18.2 Å². The number of alkyl halides is 3. The first kappa shape index (κ1) is 21.7. The predicted molar refractivity (Wildman–Crippen MR) is 97.3 cm³/mol. The first-order valence-corrected chi connectivity index (χ1v) is 8.48. The molecule has 1 amide bonds. The Morgan fingerprint density at radius 3 is 2.39 bits per heavy atom. The predicted octanol–water partition coefficient (Wildman–Crippen LogP) is 4.52. The van der Waals surface area contributed by atoms with Crippen LogP contribution in [-0.2, 0) is 20.9 Å². The zero-order chi connectivity index (χ0) is 20.7. The summed E-state index contributed by atoms with van der Waals surface area (Å²) in [7, 11) is 0. The summed E-state index contributed by atoms with van der Waals surface area (Å²) in [6, 6.07) is 10.7. The van der Waals surface area contributed by atoms with E-state index in [1.807, 2.05) is 6.92 Å². The molecule has 150 valence electrons. The van der Waals surface area contributed by atoms with Crippen molar-refractivity contribution in [3.8, 4) is 0 Å². The van der Waals surface area contributed by atoms with E-state index in [2.05, 4.69) is 10.1 Å². The number of hydrogen-bond donors (Lipinski definition) is 1. The molecule has 28 heavy (non-hydrogen) atoms. The number of ether oxygens (including phenoxy) is 2. The molecule has 0 aromatic heterocycles. The fourth-order valence-electron chi connectivity index (χ4n) is 2.14. The minimum atomic E-state index is -4.40. The Labute approximate surface area is 164 Å². The van der Waals surface area contributed by atoms with Gasteiger partial charge in [-0.2, -0.15) is 13.2 Å². The normalized spacial score (nSPS) is 11.2. The van der Waals surface area contributed by atoms with Gasteiger partial charge in [-0.3, -0.25) is 4.79 Å². The number of halogens is 4. The van der Waals surface area contributed by atoms with Crippen LogP contribution in [-0.4, -0.2) is 31.3 Å². The first-order chi connectivity index (χ1) is 13.1. The molecule has 0 saturated carbocycles. The van der Waals surface area contributed by atoms with Crippen LogP contribution >= 0.6 is 11.6 Å². The standard InChI is InChI=1S/C19H17ClF3NO4/c1-12-2-7-16(15(20)8-12)24-17(25)10-28-18(26)14-5-3-13(4-6-14)9-27-11-19(21,22)23/h2-8H,9-11H2,1H3,(H,24,25). The third-order valence-corrected chi connectivity index (χ3v) is 3.77. The second-order valence-electron chi connectivity index (χ2n) is 5.91. The van der Waals surface area contributed by atoms with E-state index in [9.17, 15) is 22.8 Å². The SMILES string of the molecule is Cc1ccc(NC(=O)COC(=O)c2ccc(COCC(F)(F)F)cc2)c(Cl)c1. The Bertz CT molecular complexity index is 838. The molecule has 2 rings (SSSR count). The average Bonchev–Trinajstić information content (AvgIpc) is 2.61. The number of nitrogens with one attached hydrogen (secondary N) is 1. The second-order valence-corrected chi connectivity index (χ2v) is 6.32. The quantitative estimate of drug-likeness (QED) is 0.675. The molecule has 0 fully saturated rings. The summed E-state index contributed by atoms with van der Waals surface area (Å²) in [5.41, 5.74) is 1.95. The molecule has 0 saturated heterocycles. The third kappa shape index (κ3) is 7.21. The molecular weight excluding hydrogens is 399 g/mol. The summed E-state index contributed by atoms with van der Waals surface area (Å²) >= 11 is 6.01.